The molecule has 0 saturated heterocycles. The van der Waals surface area contributed by atoms with Gasteiger partial charge in [0.15, 0.2) is 0 Å². The van der Waals surface area contributed by atoms with Crippen LogP contribution in [-0.2, 0) is 0 Å². The van der Waals surface area contributed by atoms with Crippen molar-refractivity contribution in [1.29, 1.82) is 0 Å². The molecule has 0 amide bonds. The Bertz CT molecular complexity index is 3400. The van der Waals surface area contributed by atoms with Gasteiger partial charge in [0.05, 0.1) is 17.1 Å². The molecule has 2 heterocycles. The molecule has 1 aromatic heterocycles. The molecule has 10 aromatic rings. The van der Waals surface area contributed by atoms with E-state index >= 15 is 0 Å². The van der Waals surface area contributed by atoms with E-state index in [9.17, 15) is 0 Å². The van der Waals surface area contributed by atoms with Gasteiger partial charge < -0.3 is 9.47 Å². The fraction of sp³-hybridized carbons (Fsp3) is 0.0370. The summed E-state index contributed by atoms with van der Waals surface area (Å²) >= 11 is 0. The Balaban J connectivity index is 1.03. The van der Waals surface area contributed by atoms with Crippen LogP contribution < -0.4 is 4.90 Å². The first-order valence-corrected chi connectivity index (χ1v) is 19.7. The van der Waals surface area contributed by atoms with Gasteiger partial charge in [-0.05, 0) is 121 Å². The van der Waals surface area contributed by atoms with E-state index in [-0.39, 0.29) is 6.04 Å². The number of hydrogen-bond donors (Lipinski definition) is 0. The third-order valence-electron chi connectivity index (χ3n) is 12.7. The van der Waals surface area contributed by atoms with Gasteiger partial charge in [-0.1, -0.05) is 140 Å². The number of anilines is 2. The van der Waals surface area contributed by atoms with Crippen molar-refractivity contribution in [3.05, 3.63) is 199 Å². The second kappa shape index (κ2) is 11.2. The van der Waals surface area contributed by atoms with Crippen LogP contribution in [0.5, 0.6) is 0 Å². The molecule has 1 atom stereocenters. The summed E-state index contributed by atoms with van der Waals surface area (Å²) in [6.07, 6.45) is 5.89. The van der Waals surface area contributed by atoms with E-state index in [1.807, 2.05) is 0 Å². The molecular weight excluding hydrogens is 677 g/mol. The standard InChI is InChI=1S/C54H34N2/c1-2-14-38(15-3-1)55-50-27-24-36(31-48(50)53-40-16-6-4-11-33(40)22-28-51(53)55)35-23-26-49-46(30-35)45-25-21-34-12-5-7-17-41(34)54(45)56(49)39-29-37-13-10-20-44-42-18-8-9-19-43(42)47(32-39)52(37)44/h1-26,28-32,50H,27H2. The largest absolute Gasteiger partial charge is 0.333 e. The van der Waals surface area contributed by atoms with Gasteiger partial charge in [-0.3, -0.25) is 0 Å². The van der Waals surface area contributed by atoms with Gasteiger partial charge in [-0.25, -0.2) is 0 Å². The van der Waals surface area contributed by atoms with E-state index in [4.69, 9.17) is 0 Å². The topological polar surface area (TPSA) is 8.17 Å². The highest BCUT2D eigenvalue weighted by Crippen LogP contribution is 2.52. The first-order chi connectivity index (χ1) is 27.8. The summed E-state index contributed by atoms with van der Waals surface area (Å²) in [5, 5.41) is 10.3. The summed E-state index contributed by atoms with van der Waals surface area (Å²) in [4.78, 5) is 2.55. The molecule has 0 N–H and O–H groups in total. The summed E-state index contributed by atoms with van der Waals surface area (Å²) in [5.41, 5.74) is 16.8. The Labute approximate surface area is 324 Å². The van der Waals surface area contributed by atoms with Crippen molar-refractivity contribution in [3.8, 4) is 27.9 Å². The van der Waals surface area contributed by atoms with Crippen LogP contribution in [-0.4, -0.2) is 10.6 Å². The van der Waals surface area contributed by atoms with Gasteiger partial charge in [0, 0.05) is 38.8 Å². The Kier molecular flexibility index (Phi) is 6.04. The first-order valence-electron chi connectivity index (χ1n) is 19.7. The van der Waals surface area contributed by atoms with Crippen molar-refractivity contribution in [2.24, 2.45) is 0 Å². The minimum Gasteiger partial charge on any atom is -0.333 e. The summed E-state index contributed by atoms with van der Waals surface area (Å²) in [7, 11) is 0. The smallest absolute Gasteiger partial charge is 0.0633 e. The van der Waals surface area contributed by atoms with E-state index < -0.39 is 0 Å². The van der Waals surface area contributed by atoms with Crippen LogP contribution >= 0.6 is 0 Å². The van der Waals surface area contributed by atoms with Crippen molar-refractivity contribution in [3.63, 3.8) is 0 Å². The zero-order valence-corrected chi connectivity index (χ0v) is 30.6. The van der Waals surface area contributed by atoms with E-state index in [0.29, 0.717) is 0 Å². The molecule has 56 heavy (non-hydrogen) atoms. The normalized spacial score (nSPS) is 15.4. The third kappa shape index (κ3) is 4.05. The minimum atomic E-state index is 0.245. The number of nitrogens with zero attached hydrogens (tertiary/aromatic N) is 2. The minimum absolute atomic E-state index is 0.245. The number of aromatic nitrogens is 1. The molecule has 1 aliphatic heterocycles. The van der Waals surface area contributed by atoms with Gasteiger partial charge in [-0.2, -0.15) is 0 Å². The average molecular weight is 711 g/mol. The van der Waals surface area contributed by atoms with Crippen molar-refractivity contribution >= 4 is 76.6 Å². The van der Waals surface area contributed by atoms with Crippen LogP contribution in [0.2, 0.25) is 0 Å². The summed E-state index contributed by atoms with van der Waals surface area (Å²) in [6.45, 7) is 0. The van der Waals surface area contributed by atoms with Crippen LogP contribution in [0.1, 0.15) is 17.5 Å². The number of fused-ring (bicyclic) bond motifs is 13. The van der Waals surface area contributed by atoms with Crippen molar-refractivity contribution < 1.29 is 0 Å². The lowest BCUT2D eigenvalue weighted by Crippen LogP contribution is -2.27. The van der Waals surface area contributed by atoms with Gasteiger partial charge in [0.1, 0.15) is 0 Å². The number of rotatable bonds is 3. The maximum absolute atomic E-state index is 2.55. The van der Waals surface area contributed by atoms with Crippen LogP contribution in [0.25, 0.3) is 93.2 Å². The Morgan fingerprint density at radius 1 is 0.464 bits per heavy atom. The molecule has 2 aliphatic carbocycles. The van der Waals surface area contributed by atoms with Gasteiger partial charge in [0.2, 0.25) is 0 Å². The zero-order valence-electron chi connectivity index (χ0n) is 30.6. The van der Waals surface area contributed by atoms with Crippen molar-refractivity contribution in [2.45, 2.75) is 12.5 Å². The molecule has 0 fully saturated rings. The molecule has 3 aliphatic rings. The average Bonchev–Trinajstić information content (AvgIpc) is 3.90. The monoisotopic (exact) mass is 710 g/mol. The molecule has 2 heteroatoms. The van der Waals surface area contributed by atoms with Crippen LogP contribution in [0.15, 0.2) is 188 Å². The lowest BCUT2D eigenvalue weighted by Gasteiger charge is -2.29. The Morgan fingerprint density at radius 3 is 2.05 bits per heavy atom. The molecular formula is C54H34N2. The number of hydrogen-bond acceptors (Lipinski definition) is 1. The highest BCUT2D eigenvalue weighted by Gasteiger charge is 2.37. The third-order valence-corrected chi connectivity index (χ3v) is 12.7. The highest BCUT2D eigenvalue weighted by atomic mass is 15.2. The highest BCUT2D eigenvalue weighted by molar-refractivity contribution is 6.21. The molecule has 0 radical (unpaired) electrons. The van der Waals surface area contributed by atoms with E-state index in [0.717, 1.165) is 6.42 Å². The summed E-state index contributed by atoms with van der Waals surface area (Å²) in [6, 6.07) is 65.7. The van der Waals surface area contributed by atoms with Crippen LogP contribution in [0, 0.1) is 0 Å². The summed E-state index contributed by atoms with van der Waals surface area (Å²) < 4.78 is 2.53. The molecule has 2 nitrogen and oxygen atoms in total. The molecule has 13 rings (SSSR count). The second-order valence-corrected chi connectivity index (χ2v) is 15.6. The number of benzene rings is 9. The first kappa shape index (κ1) is 30.2. The number of allylic oxidation sites excluding steroid dienone is 2. The molecule has 1 unspecified atom stereocenters. The van der Waals surface area contributed by atoms with Gasteiger partial charge >= 0.3 is 0 Å². The van der Waals surface area contributed by atoms with Gasteiger partial charge in [-0.15, -0.1) is 0 Å². The number of para-hydroxylation sites is 1. The maximum atomic E-state index is 2.55. The van der Waals surface area contributed by atoms with Crippen molar-refractivity contribution in [1.82, 2.24) is 4.57 Å². The SMILES string of the molecule is C1=C(c2ccc3c(c2)c2ccc4ccccc4c2n3-c2cc3c4c(cccc4c2)-c2ccccc2-3)C=C2c3c(ccc4ccccc34)N(c3ccccc3)C2C1. The maximum Gasteiger partial charge on any atom is 0.0633 e. The van der Waals surface area contributed by atoms with E-state index in [1.165, 1.54) is 116 Å². The Hall–Kier alpha value is -7.16. The fourth-order valence-electron chi connectivity index (χ4n) is 10.4. The van der Waals surface area contributed by atoms with E-state index in [1.54, 1.807) is 0 Å². The van der Waals surface area contributed by atoms with Crippen molar-refractivity contribution in [2.75, 3.05) is 4.90 Å². The molecule has 0 spiro atoms. The predicted octanol–water partition coefficient (Wildman–Crippen LogP) is 14.3. The fourth-order valence-corrected chi connectivity index (χ4v) is 10.4. The molecule has 0 saturated carbocycles. The lowest BCUT2D eigenvalue weighted by molar-refractivity contribution is 0.831. The lowest BCUT2D eigenvalue weighted by atomic mass is 9.87. The Morgan fingerprint density at radius 2 is 1.18 bits per heavy atom. The molecule has 260 valence electrons. The zero-order chi connectivity index (χ0) is 36.5. The summed E-state index contributed by atoms with van der Waals surface area (Å²) in [5.74, 6) is 0. The predicted molar refractivity (Wildman–Crippen MR) is 237 cm³/mol. The van der Waals surface area contributed by atoms with Crippen LogP contribution in [0.3, 0.4) is 0 Å². The van der Waals surface area contributed by atoms with Crippen LogP contribution in [0.4, 0.5) is 11.4 Å². The quantitative estimate of drug-likeness (QED) is 0.177. The van der Waals surface area contributed by atoms with Gasteiger partial charge in [0.25, 0.3) is 0 Å². The van der Waals surface area contributed by atoms with E-state index in [2.05, 4.69) is 198 Å². The molecule has 9 aromatic carbocycles. The second-order valence-electron chi connectivity index (χ2n) is 15.6. The molecule has 0 bridgehead atoms.